The highest BCUT2D eigenvalue weighted by Gasteiger charge is 2.28. The van der Waals surface area contributed by atoms with Crippen molar-refractivity contribution in [2.75, 3.05) is 6.61 Å². The van der Waals surface area contributed by atoms with Gasteiger partial charge in [0.25, 0.3) is 5.91 Å². The van der Waals surface area contributed by atoms with Gasteiger partial charge in [0.1, 0.15) is 23.6 Å². The molecule has 1 fully saturated rings. The number of fused-ring (bicyclic) bond motifs is 2. The zero-order valence-electron chi connectivity index (χ0n) is 23.4. The lowest BCUT2D eigenvalue weighted by atomic mass is 9.85. The molecule has 0 aliphatic heterocycles. The van der Waals surface area contributed by atoms with Crippen LogP contribution >= 0.6 is 11.6 Å². The third kappa shape index (κ3) is 6.06. The molecule has 2 amide bonds. The number of nitrogens with one attached hydrogen (secondary N) is 1. The second-order valence-corrected chi connectivity index (χ2v) is 17.9. The summed E-state index contributed by atoms with van der Waals surface area (Å²) in [7, 11) is 0.606. The van der Waals surface area contributed by atoms with E-state index in [1.54, 1.807) is 17.1 Å². The van der Waals surface area contributed by atoms with Crippen LogP contribution in [0.3, 0.4) is 0 Å². The number of rotatable bonds is 9. The van der Waals surface area contributed by atoms with Gasteiger partial charge in [0.05, 0.1) is 17.3 Å². The number of hydrogen-bond acceptors (Lipinski definition) is 6. The van der Waals surface area contributed by atoms with Crippen molar-refractivity contribution in [3.8, 4) is 11.4 Å². The van der Waals surface area contributed by atoms with Gasteiger partial charge in [-0.05, 0) is 43.5 Å². The molecule has 10 nitrogen and oxygen atoms in total. The summed E-state index contributed by atoms with van der Waals surface area (Å²) in [6.45, 7) is 7.82. The molecule has 0 saturated heterocycles. The van der Waals surface area contributed by atoms with Crippen molar-refractivity contribution < 1.29 is 14.3 Å². The Morgan fingerprint density at radius 2 is 2.05 bits per heavy atom. The molecule has 2 atom stereocenters. The summed E-state index contributed by atoms with van der Waals surface area (Å²) in [6.07, 6.45) is 6.37. The lowest BCUT2D eigenvalue weighted by molar-refractivity contribution is -0.122. The number of nitrogens with two attached hydrogens (primary N) is 1. The molecule has 0 radical (unpaired) electrons. The van der Waals surface area contributed by atoms with E-state index in [0.29, 0.717) is 46.2 Å². The van der Waals surface area contributed by atoms with E-state index in [2.05, 4.69) is 30.1 Å². The Balaban J connectivity index is 1.49. The molecule has 1 aromatic carbocycles. The predicted octanol–water partition coefficient (Wildman–Crippen LogP) is 4.72. The molecule has 3 N–H and O–H groups in total. The van der Waals surface area contributed by atoms with E-state index in [0.717, 1.165) is 36.2 Å². The zero-order chi connectivity index (χ0) is 28.6. The van der Waals surface area contributed by atoms with Gasteiger partial charge in [-0.3, -0.25) is 14.3 Å². The summed E-state index contributed by atoms with van der Waals surface area (Å²) >= 11 is 6.21. The van der Waals surface area contributed by atoms with E-state index >= 15 is 0 Å². The number of benzene rings is 1. The Bertz CT molecular complexity index is 1580. The van der Waals surface area contributed by atoms with Crippen molar-refractivity contribution in [1.82, 2.24) is 29.6 Å². The van der Waals surface area contributed by atoms with Gasteiger partial charge in [0, 0.05) is 50.3 Å². The fraction of sp³-hybridized carbons (Fsp3) is 0.464. The minimum Gasteiger partial charge on any atom is -0.369 e. The van der Waals surface area contributed by atoms with Gasteiger partial charge in [-0.25, -0.2) is 9.97 Å². The molecule has 0 spiro atoms. The standard InChI is InChI=1S/C28H36ClN7O3Si/c1-35-23-13-18(29)8-9-20(23)24(34-35)22-14-31-27-25(33-22)21(15-36(27)16-39-10-11-40(2,3)4)28(38)32-19-7-5-6-17(12-19)26(30)37/h8-9,13-15,17,19H,5-7,10-12,16H2,1-4H3,(H2,30,37)(H,32,38)/t17-,19-/m1/s1. The van der Waals surface area contributed by atoms with E-state index in [4.69, 9.17) is 32.0 Å². The van der Waals surface area contributed by atoms with E-state index in [9.17, 15) is 9.59 Å². The number of halogens is 1. The van der Waals surface area contributed by atoms with E-state index in [1.165, 1.54) is 0 Å². The van der Waals surface area contributed by atoms with Gasteiger partial charge in [-0.15, -0.1) is 0 Å². The Morgan fingerprint density at radius 3 is 2.80 bits per heavy atom. The van der Waals surface area contributed by atoms with Gasteiger partial charge in [-0.2, -0.15) is 5.10 Å². The third-order valence-corrected chi connectivity index (χ3v) is 9.44. The Labute approximate surface area is 239 Å². The number of primary amides is 1. The third-order valence-electron chi connectivity index (χ3n) is 7.50. The average Bonchev–Trinajstić information content (AvgIpc) is 3.43. The minimum atomic E-state index is -1.25. The van der Waals surface area contributed by atoms with E-state index in [-0.39, 0.29) is 30.5 Å². The number of aryl methyl sites for hydroxylation is 1. The topological polar surface area (TPSA) is 130 Å². The summed E-state index contributed by atoms with van der Waals surface area (Å²) in [4.78, 5) is 35.0. The molecule has 3 aromatic heterocycles. The minimum absolute atomic E-state index is 0.134. The Kier molecular flexibility index (Phi) is 7.98. The smallest absolute Gasteiger partial charge is 0.255 e. The second-order valence-electron chi connectivity index (χ2n) is 11.9. The van der Waals surface area contributed by atoms with Crippen molar-refractivity contribution in [3.63, 3.8) is 0 Å². The summed E-state index contributed by atoms with van der Waals surface area (Å²) in [5, 5.41) is 9.30. The molecule has 1 aliphatic rings. The first-order chi connectivity index (χ1) is 19.0. The maximum atomic E-state index is 13.6. The van der Waals surface area contributed by atoms with Gasteiger partial charge >= 0.3 is 0 Å². The molecule has 5 rings (SSSR count). The highest BCUT2D eigenvalue weighted by molar-refractivity contribution is 6.76. The number of hydrogen-bond donors (Lipinski definition) is 2. The van der Waals surface area contributed by atoms with Gasteiger partial charge in [-0.1, -0.05) is 37.7 Å². The monoisotopic (exact) mass is 581 g/mol. The first kappa shape index (κ1) is 28.3. The highest BCUT2D eigenvalue weighted by atomic mass is 35.5. The molecule has 3 heterocycles. The summed E-state index contributed by atoms with van der Waals surface area (Å²) in [5.41, 5.74) is 9.08. The normalized spacial score (nSPS) is 17.9. The van der Waals surface area contributed by atoms with Crippen molar-refractivity contribution in [2.45, 2.75) is 64.1 Å². The van der Waals surface area contributed by atoms with Crippen molar-refractivity contribution >= 4 is 53.6 Å². The van der Waals surface area contributed by atoms with Crippen LogP contribution < -0.4 is 11.1 Å². The van der Waals surface area contributed by atoms with Gasteiger partial charge in [0.2, 0.25) is 5.91 Å². The van der Waals surface area contributed by atoms with Crippen molar-refractivity contribution in [2.24, 2.45) is 18.7 Å². The maximum absolute atomic E-state index is 13.6. The SMILES string of the molecule is Cn1nc(-c2cnc3c(n2)c(C(=O)N[C@@H]2CCC[C@@H](C(N)=O)C2)cn3COCC[Si](C)(C)C)c2ccc(Cl)cc21. The molecule has 4 aromatic rings. The van der Waals surface area contributed by atoms with Crippen LogP contribution in [0.5, 0.6) is 0 Å². The van der Waals surface area contributed by atoms with Crippen LogP contribution in [0, 0.1) is 5.92 Å². The average molecular weight is 582 g/mol. The molecule has 1 saturated carbocycles. The quantitative estimate of drug-likeness (QED) is 0.217. The summed E-state index contributed by atoms with van der Waals surface area (Å²) in [5.74, 6) is -0.798. The predicted molar refractivity (Wildman–Crippen MR) is 159 cm³/mol. The maximum Gasteiger partial charge on any atom is 0.255 e. The molecule has 40 heavy (non-hydrogen) atoms. The summed E-state index contributed by atoms with van der Waals surface area (Å²) < 4.78 is 9.58. The number of aromatic nitrogens is 5. The fourth-order valence-corrected chi connectivity index (χ4v) is 6.16. The Hall–Kier alpha value is -3.28. The van der Waals surface area contributed by atoms with E-state index in [1.807, 2.05) is 29.8 Å². The first-order valence-corrected chi connectivity index (χ1v) is 17.7. The van der Waals surface area contributed by atoms with Crippen LogP contribution in [-0.2, 0) is 23.3 Å². The fourth-order valence-electron chi connectivity index (χ4n) is 5.23. The number of carbonyl (C=O) groups excluding carboxylic acids is 2. The van der Waals surface area contributed by atoms with Crippen LogP contribution in [0.25, 0.3) is 33.5 Å². The molecule has 0 unspecified atom stereocenters. The number of amides is 2. The number of carbonyl (C=O) groups is 2. The lowest BCUT2D eigenvalue weighted by Gasteiger charge is -2.27. The molecule has 0 bridgehead atoms. The van der Waals surface area contributed by atoms with Crippen LogP contribution in [0.4, 0.5) is 0 Å². The lowest BCUT2D eigenvalue weighted by Crippen LogP contribution is -2.41. The first-order valence-electron chi connectivity index (χ1n) is 13.7. The van der Waals surface area contributed by atoms with E-state index < -0.39 is 8.07 Å². The molecule has 212 valence electrons. The van der Waals surface area contributed by atoms with Crippen LogP contribution in [0.1, 0.15) is 36.0 Å². The van der Waals surface area contributed by atoms with Crippen molar-refractivity contribution in [3.05, 3.63) is 41.2 Å². The second kappa shape index (κ2) is 11.3. The van der Waals surface area contributed by atoms with Crippen LogP contribution in [0.15, 0.2) is 30.6 Å². The van der Waals surface area contributed by atoms with Gasteiger partial charge in [0.15, 0.2) is 5.65 Å². The van der Waals surface area contributed by atoms with Crippen molar-refractivity contribution in [1.29, 1.82) is 0 Å². The zero-order valence-corrected chi connectivity index (χ0v) is 25.2. The van der Waals surface area contributed by atoms with Crippen LogP contribution in [0.2, 0.25) is 30.7 Å². The number of nitrogens with zero attached hydrogens (tertiary/aromatic N) is 5. The Morgan fingerprint density at radius 1 is 1.25 bits per heavy atom. The molecule has 1 aliphatic carbocycles. The molecule has 12 heteroatoms. The molecular weight excluding hydrogens is 546 g/mol. The largest absolute Gasteiger partial charge is 0.369 e. The highest BCUT2D eigenvalue weighted by Crippen LogP contribution is 2.30. The molecular formula is C28H36ClN7O3Si. The van der Waals surface area contributed by atoms with Gasteiger partial charge < -0.3 is 20.4 Å². The van der Waals surface area contributed by atoms with Crippen LogP contribution in [-0.4, -0.2) is 56.9 Å². The number of ether oxygens (including phenoxy) is 1. The summed E-state index contributed by atoms with van der Waals surface area (Å²) in [6, 6.07) is 6.49.